The van der Waals surface area contributed by atoms with Crippen molar-refractivity contribution in [3.8, 4) is 11.5 Å². The second-order valence-electron chi connectivity index (χ2n) is 8.08. The van der Waals surface area contributed by atoms with Crippen molar-refractivity contribution in [2.24, 2.45) is 5.92 Å². The average Bonchev–Trinajstić information content (AvgIpc) is 2.99. The lowest BCUT2D eigenvalue weighted by Crippen LogP contribution is -2.37. The van der Waals surface area contributed by atoms with Gasteiger partial charge in [-0.3, -0.25) is 9.36 Å². The third-order valence-corrected chi connectivity index (χ3v) is 6.18. The molecule has 9 heteroatoms. The highest BCUT2D eigenvalue weighted by atomic mass is 19.4. The van der Waals surface area contributed by atoms with Crippen LogP contribution in [0.15, 0.2) is 42.5 Å². The number of benzene rings is 2. The minimum absolute atomic E-state index is 0.0900. The second kappa shape index (κ2) is 8.46. The fraction of sp³-hybridized carbons (Fsp3) is 0.333. The Balaban J connectivity index is 1.83. The van der Waals surface area contributed by atoms with E-state index in [1.165, 1.54) is 23.8 Å². The molecule has 0 saturated heterocycles. The summed E-state index contributed by atoms with van der Waals surface area (Å²) in [6.45, 7) is 1.66. The van der Waals surface area contributed by atoms with Crippen LogP contribution in [0, 0.1) is 12.8 Å². The second-order valence-corrected chi connectivity index (χ2v) is 8.08. The first-order valence-corrected chi connectivity index (χ1v) is 10.4. The molecule has 0 spiro atoms. The van der Waals surface area contributed by atoms with Crippen LogP contribution < -0.4 is 14.6 Å². The molecule has 1 fully saturated rings. The van der Waals surface area contributed by atoms with Gasteiger partial charge in [0.15, 0.2) is 0 Å². The summed E-state index contributed by atoms with van der Waals surface area (Å²) in [7, 11) is 1.49. The van der Waals surface area contributed by atoms with Crippen LogP contribution in [0.25, 0.3) is 10.9 Å². The zero-order valence-corrected chi connectivity index (χ0v) is 17.9. The SMILES string of the molecule is COc1ccc2c(c1)c(C(C(=O)[O-])C1CCC1)c(C)n2C(=O)c1ccc(OC(F)(F)F)cc1. The number of hydrogen-bond donors (Lipinski definition) is 0. The molecule has 174 valence electrons. The first-order chi connectivity index (χ1) is 15.6. The molecular formula is C24H21F3NO5-. The van der Waals surface area contributed by atoms with Crippen molar-refractivity contribution >= 4 is 22.8 Å². The number of nitrogens with zero attached hydrogens (tertiary/aromatic N) is 1. The van der Waals surface area contributed by atoms with Gasteiger partial charge in [0.2, 0.25) is 0 Å². The summed E-state index contributed by atoms with van der Waals surface area (Å²) in [6.07, 6.45) is -2.40. The molecule has 4 rings (SSSR count). The van der Waals surface area contributed by atoms with Gasteiger partial charge in [-0.15, -0.1) is 13.2 Å². The minimum Gasteiger partial charge on any atom is -0.549 e. The monoisotopic (exact) mass is 460 g/mol. The van der Waals surface area contributed by atoms with Crippen molar-refractivity contribution in [2.45, 2.75) is 38.5 Å². The molecule has 6 nitrogen and oxygen atoms in total. The predicted octanol–water partition coefficient (Wildman–Crippen LogP) is 4.18. The highest BCUT2D eigenvalue weighted by Crippen LogP contribution is 2.44. The van der Waals surface area contributed by atoms with E-state index in [9.17, 15) is 27.9 Å². The van der Waals surface area contributed by atoms with Crippen LogP contribution in [0.3, 0.4) is 0 Å². The Labute approximate surface area is 187 Å². The maximum atomic E-state index is 13.4. The number of ether oxygens (including phenoxy) is 2. The number of alkyl halides is 3. The third kappa shape index (κ3) is 4.27. The molecule has 1 atom stereocenters. The van der Waals surface area contributed by atoms with Crippen LogP contribution in [0.4, 0.5) is 13.2 Å². The maximum Gasteiger partial charge on any atom is 0.573 e. The van der Waals surface area contributed by atoms with Crippen LogP contribution in [0.1, 0.15) is 46.8 Å². The molecule has 0 amide bonds. The van der Waals surface area contributed by atoms with Gasteiger partial charge in [-0.25, -0.2) is 0 Å². The summed E-state index contributed by atoms with van der Waals surface area (Å²) < 4.78 is 47.9. The molecule has 0 radical (unpaired) electrons. The van der Waals surface area contributed by atoms with E-state index >= 15 is 0 Å². The lowest BCUT2D eigenvalue weighted by molar-refractivity contribution is -0.310. The molecule has 0 aliphatic heterocycles. The van der Waals surface area contributed by atoms with Crippen LogP contribution >= 0.6 is 0 Å². The molecule has 1 aromatic heterocycles. The van der Waals surface area contributed by atoms with Gasteiger partial charge in [0.1, 0.15) is 11.5 Å². The van der Waals surface area contributed by atoms with E-state index in [4.69, 9.17) is 4.74 Å². The molecule has 1 unspecified atom stereocenters. The van der Waals surface area contributed by atoms with Crippen LogP contribution in [0.5, 0.6) is 11.5 Å². The molecule has 2 aromatic carbocycles. The average molecular weight is 460 g/mol. The van der Waals surface area contributed by atoms with Gasteiger partial charge in [0.25, 0.3) is 5.91 Å². The number of rotatable bonds is 6. The van der Waals surface area contributed by atoms with Crippen LogP contribution in [-0.4, -0.2) is 29.9 Å². The first kappa shape index (κ1) is 22.7. The van der Waals surface area contributed by atoms with E-state index in [2.05, 4.69) is 4.74 Å². The van der Waals surface area contributed by atoms with Crippen molar-refractivity contribution < 1.29 is 37.3 Å². The number of carboxylic acids is 1. The molecular weight excluding hydrogens is 439 g/mol. The maximum absolute atomic E-state index is 13.4. The fourth-order valence-electron chi connectivity index (χ4n) is 4.45. The van der Waals surface area contributed by atoms with Gasteiger partial charge in [0, 0.05) is 28.5 Å². The van der Waals surface area contributed by atoms with E-state index in [1.807, 2.05) is 0 Å². The smallest absolute Gasteiger partial charge is 0.549 e. The van der Waals surface area contributed by atoms with Gasteiger partial charge in [0.05, 0.1) is 12.6 Å². The number of hydrogen-bond acceptors (Lipinski definition) is 5. The highest BCUT2D eigenvalue weighted by molar-refractivity contribution is 6.05. The lowest BCUT2D eigenvalue weighted by atomic mass is 9.72. The number of carbonyl (C=O) groups excluding carboxylic acids is 2. The zero-order valence-electron chi connectivity index (χ0n) is 17.9. The van der Waals surface area contributed by atoms with Crippen molar-refractivity contribution in [2.75, 3.05) is 7.11 Å². The van der Waals surface area contributed by atoms with E-state index in [0.717, 1.165) is 31.4 Å². The lowest BCUT2D eigenvalue weighted by Gasteiger charge is -2.35. The number of carbonyl (C=O) groups is 2. The molecule has 1 aliphatic carbocycles. The van der Waals surface area contributed by atoms with E-state index in [1.54, 1.807) is 25.1 Å². The Morgan fingerprint density at radius 3 is 2.24 bits per heavy atom. The summed E-state index contributed by atoms with van der Waals surface area (Å²) in [5, 5.41) is 12.7. The Kier molecular flexibility index (Phi) is 5.82. The van der Waals surface area contributed by atoms with Crippen LogP contribution in [0.2, 0.25) is 0 Å². The number of aromatic nitrogens is 1. The third-order valence-electron chi connectivity index (χ3n) is 6.18. The van der Waals surface area contributed by atoms with Crippen molar-refractivity contribution in [3.05, 3.63) is 59.3 Å². The largest absolute Gasteiger partial charge is 0.573 e. The molecule has 3 aromatic rings. The first-order valence-electron chi connectivity index (χ1n) is 10.4. The predicted molar refractivity (Wildman–Crippen MR) is 111 cm³/mol. The Morgan fingerprint density at radius 2 is 1.73 bits per heavy atom. The molecule has 1 saturated carbocycles. The minimum atomic E-state index is -4.84. The summed E-state index contributed by atoms with van der Waals surface area (Å²) in [6, 6.07) is 9.61. The Hall–Kier alpha value is -3.49. The molecule has 33 heavy (non-hydrogen) atoms. The van der Waals surface area contributed by atoms with Crippen molar-refractivity contribution in [1.82, 2.24) is 4.57 Å². The van der Waals surface area contributed by atoms with Crippen molar-refractivity contribution in [1.29, 1.82) is 0 Å². The summed E-state index contributed by atoms with van der Waals surface area (Å²) in [5.41, 5.74) is 1.55. The number of halogens is 3. The molecule has 1 heterocycles. The molecule has 0 N–H and O–H groups in total. The van der Waals surface area contributed by atoms with Gasteiger partial charge in [-0.05, 0) is 73.7 Å². The topological polar surface area (TPSA) is 80.6 Å². The quantitative estimate of drug-likeness (QED) is 0.551. The van der Waals surface area contributed by atoms with Gasteiger partial charge >= 0.3 is 6.36 Å². The number of methoxy groups -OCH3 is 1. The number of carboxylic acid groups (broad SMARTS) is 1. The van der Waals surface area contributed by atoms with Gasteiger partial charge in [-0.1, -0.05) is 6.42 Å². The standard InChI is InChI=1S/C24H22F3NO5/c1-13-20(21(23(30)31)14-4-3-5-14)18-12-17(32-2)10-11-19(18)28(13)22(29)15-6-8-16(9-7-15)33-24(25,26)27/h6-12,14,21H,3-5H2,1-2H3,(H,30,31)/p-1. The van der Waals surface area contributed by atoms with Crippen LogP contribution in [-0.2, 0) is 4.79 Å². The van der Waals surface area contributed by atoms with E-state index in [-0.39, 0.29) is 11.5 Å². The summed E-state index contributed by atoms with van der Waals surface area (Å²) in [4.78, 5) is 25.5. The normalized spacial score (nSPS) is 15.2. The molecule has 1 aliphatic rings. The Bertz CT molecular complexity index is 1210. The number of fused-ring (bicyclic) bond motifs is 1. The van der Waals surface area contributed by atoms with E-state index < -0.39 is 29.9 Å². The summed E-state index contributed by atoms with van der Waals surface area (Å²) in [5.74, 6) is -2.62. The number of aliphatic carboxylic acids is 1. The fourth-order valence-corrected chi connectivity index (χ4v) is 4.45. The van der Waals surface area contributed by atoms with Crippen molar-refractivity contribution in [3.63, 3.8) is 0 Å². The zero-order chi connectivity index (χ0) is 23.9. The molecule has 0 bridgehead atoms. The highest BCUT2D eigenvalue weighted by Gasteiger charge is 2.35. The Morgan fingerprint density at radius 1 is 1.09 bits per heavy atom. The van der Waals surface area contributed by atoms with Gasteiger partial charge in [-0.2, -0.15) is 0 Å². The summed E-state index contributed by atoms with van der Waals surface area (Å²) >= 11 is 0. The van der Waals surface area contributed by atoms with E-state index in [0.29, 0.717) is 27.9 Å². The van der Waals surface area contributed by atoms with Gasteiger partial charge < -0.3 is 19.4 Å².